The summed E-state index contributed by atoms with van der Waals surface area (Å²) < 4.78 is 5.38. The minimum Gasteiger partial charge on any atom is -0.494 e. The van der Waals surface area contributed by atoms with Gasteiger partial charge in [-0.25, -0.2) is 0 Å². The lowest BCUT2D eigenvalue weighted by molar-refractivity contribution is -0.117. The summed E-state index contributed by atoms with van der Waals surface area (Å²) in [5.41, 5.74) is 0.947. The van der Waals surface area contributed by atoms with Gasteiger partial charge in [-0.2, -0.15) is 12.6 Å². The van der Waals surface area contributed by atoms with Gasteiger partial charge in [0.2, 0.25) is 5.91 Å². The molecule has 0 saturated carbocycles. The van der Waals surface area contributed by atoms with E-state index >= 15 is 0 Å². The average Bonchev–Trinajstić information content (AvgIpc) is 2.72. The van der Waals surface area contributed by atoms with E-state index in [2.05, 4.69) is 12.6 Å². The zero-order chi connectivity index (χ0) is 12.3. The summed E-state index contributed by atoms with van der Waals surface area (Å²) in [6, 6.07) is 7.67. The van der Waals surface area contributed by atoms with Crippen LogP contribution in [0.5, 0.6) is 5.75 Å². The van der Waals surface area contributed by atoms with E-state index in [9.17, 15) is 4.79 Å². The molecule has 0 aromatic heterocycles. The van der Waals surface area contributed by atoms with Crippen LogP contribution in [0.3, 0.4) is 0 Å². The summed E-state index contributed by atoms with van der Waals surface area (Å²) in [5, 5.41) is 0. The Morgan fingerprint density at radius 3 is 2.65 bits per heavy atom. The second-order valence-corrected chi connectivity index (χ2v) is 4.55. The Kier molecular flexibility index (Phi) is 3.94. The molecule has 1 heterocycles. The first-order chi connectivity index (χ1) is 8.24. The maximum atomic E-state index is 11.8. The van der Waals surface area contributed by atoms with Crippen LogP contribution in [-0.4, -0.2) is 24.8 Å². The number of nitrogens with zero attached hydrogens (tertiary/aromatic N) is 1. The van der Waals surface area contributed by atoms with Crippen molar-refractivity contribution in [3.8, 4) is 5.75 Å². The van der Waals surface area contributed by atoms with E-state index in [1.807, 2.05) is 36.1 Å². The first kappa shape index (κ1) is 12.3. The van der Waals surface area contributed by atoms with E-state index in [4.69, 9.17) is 4.74 Å². The summed E-state index contributed by atoms with van der Waals surface area (Å²) in [5.74, 6) is 2.17. The number of hydrogen-bond donors (Lipinski definition) is 1. The molecule has 1 aliphatic rings. The molecule has 1 atom stereocenters. The smallest absolute Gasteiger partial charge is 0.227 e. The zero-order valence-corrected chi connectivity index (χ0v) is 10.8. The number of amides is 1. The number of thiol groups is 1. The van der Waals surface area contributed by atoms with E-state index < -0.39 is 0 Å². The molecule has 1 amide bonds. The molecule has 1 aromatic rings. The Labute approximate surface area is 107 Å². The van der Waals surface area contributed by atoms with Gasteiger partial charge in [0.1, 0.15) is 5.75 Å². The quantitative estimate of drug-likeness (QED) is 0.833. The molecule has 0 spiro atoms. The Morgan fingerprint density at radius 2 is 2.12 bits per heavy atom. The van der Waals surface area contributed by atoms with Crippen LogP contribution < -0.4 is 9.64 Å². The highest BCUT2D eigenvalue weighted by Crippen LogP contribution is 2.27. The third-order valence-electron chi connectivity index (χ3n) is 2.92. The SMILES string of the molecule is CCOc1ccc(N2CC(CS)CC2=O)cc1. The van der Waals surface area contributed by atoms with E-state index in [1.165, 1.54) is 0 Å². The van der Waals surface area contributed by atoms with Crippen molar-refractivity contribution in [2.45, 2.75) is 13.3 Å². The van der Waals surface area contributed by atoms with Gasteiger partial charge in [-0.1, -0.05) is 0 Å². The second-order valence-electron chi connectivity index (χ2n) is 4.18. The van der Waals surface area contributed by atoms with Crippen molar-refractivity contribution in [1.29, 1.82) is 0 Å². The Hall–Kier alpha value is -1.16. The van der Waals surface area contributed by atoms with Crippen LogP contribution >= 0.6 is 12.6 Å². The van der Waals surface area contributed by atoms with E-state index in [0.717, 1.165) is 23.7 Å². The molecule has 0 aliphatic carbocycles. The van der Waals surface area contributed by atoms with Crippen LogP contribution in [-0.2, 0) is 4.79 Å². The van der Waals surface area contributed by atoms with Crippen LogP contribution in [0.1, 0.15) is 13.3 Å². The van der Waals surface area contributed by atoms with Crippen LogP contribution in [0.2, 0.25) is 0 Å². The normalized spacial score (nSPS) is 19.8. The third kappa shape index (κ3) is 2.75. The van der Waals surface area contributed by atoms with Gasteiger partial charge in [0, 0.05) is 18.7 Å². The molecular formula is C13H17NO2S. The molecule has 4 heteroatoms. The van der Waals surface area contributed by atoms with Crippen molar-refractivity contribution in [1.82, 2.24) is 0 Å². The molecule has 0 bridgehead atoms. The van der Waals surface area contributed by atoms with Gasteiger partial charge in [-0.05, 0) is 42.9 Å². The Morgan fingerprint density at radius 1 is 1.41 bits per heavy atom. The number of hydrogen-bond acceptors (Lipinski definition) is 3. The fraction of sp³-hybridized carbons (Fsp3) is 0.462. The minimum atomic E-state index is 0.188. The van der Waals surface area contributed by atoms with Crippen molar-refractivity contribution < 1.29 is 9.53 Å². The van der Waals surface area contributed by atoms with E-state index in [1.54, 1.807) is 0 Å². The molecule has 1 aliphatic heterocycles. The summed E-state index contributed by atoms with van der Waals surface area (Å²) in [6.45, 7) is 3.38. The Bertz CT molecular complexity index is 391. The predicted octanol–water partition coefficient (Wildman–Crippen LogP) is 2.37. The molecular weight excluding hydrogens is 234 g/mol. The number of anilines is 1. The summed E-state index contributed by atoms with van der Waals surface area (Å²) in [7, 11) is 0. The first-order valence-electron chi connectivity index (χ1n) is 5.88. The van der Waals surface area contributed by atoms with Gasteiger partial charge in [0.15, 0.2) is 0 Å². The molecule has 92 valence electrons. The first-order valence-corrected chi connectivity index (χ1v) is 6.52. The molecule has 1 saturated heterocycles. The fourth-order valence-electron chi connectivity index (χ4n) is 2.04. The van der Waals surface area contributed by atoms with E-state index in [0.29, 0.717) is 18.9 Å². The Balaban J connectivity index is 2.09. The van der Waals surface area contributed by atoms with Crippen molar-refractivity contribution in [3.05, 3.63) is 24.3 Å². The summed E-state index contributed by atoms with van der Waals surface area (Å²) >= 11 is 4.25. The highest BCUT2D eigenvalue weighted by Gasteiger charge is 2.29. The van der Waals surface area contributed by atoms with Gasteiger partial charge in [0.25, 0.3) is 0 Å². The highest BCUT2D eigenvalue weighted by molar-refractivity contribution is 7.80. The topological polar surface area (TPSA) is 29.5 Å². The summed E-state index contributed by atoms with van der Waals surface area (Å²) in [6.07, 6.45) is 0.608. The number of carbonyl (C=O) groups is 1. The molecule has 1 aromatic carbocycles. The lowest BCUT2D eigenvalue weighted by atomic mass is 10.1. The van der Waals surface area contributed by atoms with Gasteiger partial charge in [-0.15, -0.1) is 0 Å². The maximum absolute atomic E-state index is 11.8. The lowest BCUT2D eigenvalue weighted by Crippen LogP contribution is -2.24. The van der Waals surface area contributed by atoms with E-state index in [-0.39, 0.29) is 5.91 Å². The zero-order valence-electron chi connectivity index (χ0n) is 9.93. The van der Waals surface area contributed by atoms with Crippen LogP contribution in [0.15, 0.2) is 24.3 Å². The van der Waals surface area contributed by atoms with Gasteiger partial charge < -0.3 is 9.64 Å². The fourth-order valence-corrected chi connectivity index (χ4v) is 2.29. The van der Waals surface area contributed by atoms with Crippen molar-refractivity contribution in [2.75, 3.05) is 23.8 Å². The standard InChI is InChI=1S/C13H17NO2S/c1-2-16-12-5-3-11(4-6-12)14-8-10(9-17)7-13(14)15/h3-6,10,17H,2,7-9H2,1H3. The molecule has 1 unspecified atom stereocenters. The highest BCUT2D eigenvalue weighted by atomic mass is 32.1. The third-order valence-corrected chi connectivity index (χ3v) is 3.44. The minimum absolute atomic E-state index is 0.188. The molecule has 17 heavy (non-hydrogen) atoms. The van der Waals surface area contributed by atoms with Gasteiger partial charge >= 0.3 is 0 Å². The van der Waals surface area contributed by atoms with Crippen LogP contribution in [0, 0.1) is 5.92 Å². The lowest BCUT2D eigenvalue weighted by Gasteiger charge is -2.16. The maximum Gasteiger partial charge on any atom is 0.227 e. The van der Waals surface area contributed by atoms with Crippen molar-refractivity contribution >= 4 is 24.2 Å². The number of benzene rings is 1. The van der Waals surface area contributed by atoms with Crippen molar-refractivity contribution in [2.24, 2.45) is 5.92 Å². The molecule has 3 nitrogen and oxygen atoms in total. The molecule has 2 rings (SSSR count). The number of ether oxygens (including phenoxy) is 1. The largest absolute Gasteiger partial charge is 0.494 e. The average molecular weight is 251 g/mol. The molecule has 0 radical (unpaired) electrons. The number of carbonyl (C=O) groups excluding carboxylic acids is 1. The van der Waals surface area contributed by atoms with Gasteiger partial charge in [-0.3, -0.25) is 4.79 Å². The van der Waals surface area contributed by atoms with Gasteiger partial charge in [0.05, 0.1) is 6.61 Å². The molecule has 0 N–H and O–H groups in total. The van der Waals surface area contributed by atoms with Crippen LogP contribution in [0.4, 0.5) is 5.69 Å². The molecule has 1 fully saturated rings. The second kappa shape index (κ2) is 5.45. The van der Waals surface area contributed by atoms with Crippen molar-refractivity contribution in [3.63, 3.8) is 0 Å². The predicted molar refractivity (Wildman–Crippen MR) is 71.9 cm³/mol. The van der Waals surface area contributed by atoms with Crippen LogP contribution in [0.25, 0.3) is 0 Å². The monoisotopic (exact) mass is 251 g/mol. The summed E-state index contributed by atoms with van der Waals surface area (Å²) in [4.78, 5) is 13.6. The number of rotatable bonds is 4.